The van der Waals surface area contributed by atoms with E-state index >= 15 is 0 Å². The van der Waals surface area contributed by atoms with Gasteiger partial charge in [-0.2, -0.15) is 0 Å². The zero-order valence-corrected chi connectivity index (χ0v) is 18.4. The predicted octanol–water partition coefficient (Wildman–Crippen LogP) is 4.68. The molecule has 7 heteroatoms. The fraction of sp³-hybridized carbons (Fsp3) is 0.192. The molecule has 1 aromatic heterocycles. The summed E-state index contributed by atoms with van der Waals surface area (Å²) in [4.78, 5) is 39.4. The second kappa shape index (κ2) is 9.16. The molecule has 0 spiro atoms. The Morgan fingerprint density at radius 3 is 2.55 bits per heavy atom. The molecule has 7 nitrogen and oxygen atoms in total. The number of aromatic amines is 1. The third kappa shape index (κ3) is 4.43. The molecule has 3 aromatic rings. The number of hydrogen-bond donors (Lipinski definition) is 3. The van der Waals surface area contributed by atoms with Crippen LogP contribution in [0.4, 0.5) is 5.69 Å². The average Bonchev–Trinajstić information content (AvgIpc) is 3.28. The van der Waals surface area contributed by atoms with Gasteiger partial charge in [0.05, 0.1) is 12.2 Å². The first-order valence-electron chi connectivity index (χ1n) is 10.7. The maximum Gasteiger partial charge on any atom is 0.355 e. The summed E-state index contributed by atoms with van der Waals surface area (Å²) in [5.41, 5.74) is 6.01. The number of fused-ring (bicyclic) bond motifs is 1. The third-order valence-electron chi connectivity index (χ3n) is 5.68. The van der Waals surface area contributed by atoms with E-state index < -0.39 is 11.9 Å². The van der Waals surface area contributed by atoms with Gasteiger partial charge in [-0.05, 0) is 54.7 Å². The molecule has 2 aromatic carbocycles. The number of carboxylic acids is 1. The number of carboxylic acid groups (broad SMARTS) is 1. The highest BCUT2D eigenvalue weighted by Crippen LogP contribution is 2.37. The first-order valence-corrected chi connectivity index (χ1v) is 10.7. The van der Waals surface area contributed by atoms with Gasteiger partial charge in [0, 0.05) is 23.4 Å². The molecule has 33 heavy (non-hydrogen) atoms. The monoisotopic (exact) mass is 444 g/mol. The molecule has 1 aliphatic heterocycles. The first-order chi connectivity index (χ1) is 15.9. The maximum atomic E-state index is 12.8. The number of amides is 1. The van der Waals surface area contributed by atoms with Crippen LogP contribution in [0.2, 0.25) is 0 Å². The molecular weight excluding hydrogens is 420 g/mol. The van der Waals surface area contributed by atoms with Gasteiger partial charge in [-0.15, -0.1) is 0 Å². The second-order valence-corrected chi connectivity index (χ2v) is 7.77. The Kier molecular flexibility index (Phi) is 6.13. The number of H-pyrrole nitrogens is 1. The molecule has 168 valence electrons. The summed E-state index contributed by atoms with van der Waals surface area (Å²) in [6.07, 6.45) is 1.80. The number of anilines is 1. The third-order valence-corrected chi connectivity index (χ3v) is 5.68. The molecule has 4 rings (SSSR count). The van der Waals surface area contributed by atoms with Crippen LogP contribution in [-0.2, 0) is 20.7 Å². The van der Waals surface area contributed by atoms with E-state index in [2.05, 4.69) is 10.3 Å². The van der Waals surface area contributed by atoms with E-state index in [0.717, 1.165) is 16.7 Å². The SMILES string of the molecule is CCOC(=O)c1[nH]c(/C=C2\C(=O)Nc3cc(-c4ccccc4)ccc32)c(CCC(=O)O)c1C. The quantitative estimate of drug-likeness (QED) is 0.362. The van der Waals surface area contributed by atoms with Gasteiger partial charge in [-0.25, -0.2) is 4.79 Å². The number of carbonyl (C=O) groups is 3. The van der Waals surface area contributed by atoms with Gasteiger partial charge < -0.3 is 20.1 Å². The van der Waals surface area contributed by atoms with Crippen LogP contribution < -0.4 is 5.32 Å². The number of hydrogen-bond acceptors (Lipinski definition) is 4. The molecule has 2 heterocycles. The van der Waals surface area contributed by atoms with Crippen molar-refractivity contribution >= 4 is 35.2 Å². The van der Waals surface area contributed by atoms with E-state index in [1.165, 1.54) is 0 Å². The Balaban J connectivity index is 1.76. The van der Waals surface area contributed by atoms with E-state index in [0.29, 0.717) is 28.1 Å². The molecular formula is C26H24N2O5. The van der Waals surface area contributed by atoms with E-state index in [9.17, 15) is 14.4 Å². The van der Waals surface area contributed by atoms with Gasteiger partial charge in [0.25, 0.3) is 5.91 Å². The number of carbonyl (C=O) groups excluding carboxylic acids is 2. The standard InChI is InChI=1S/C26H24N2O5/c1-3-33-26(32)24-15(2)18(11-12-23(29)30)22(27-24)14-20-19-10-9-17(13-21(19)28-25(20)31)16-7-5-4-6-8-16/h4-10,13-14,27H,3,11-12H2,1-2H3,(H,28,31)(H,29,30)/b20-14-. The zero-order valence-electron chi connectivity index (χ0n) is 18.4. The topological polar surface area (TPSA) is 108 Å². The molecule has 0 unspecified atom stereocenters. The van der Waals surface area contributed by atoms with E-state index in [1.54, 1.807) is 19.9 Å². The lowest BCUT2D eigenvalue weighted by Crippen LogP contribution is -2.07. The van der Waals surface area contributed by atoms with Crippen molar-refractivity contribution in [1.82, 2.24) is 4.98 Å². The molecule has 0 radical (unpaired) electrons. The summed E-state index contributed by atoms with van der Waals surface area (Å²) in [6, 6.07) is 15.6. The number of aromatic nitrogens is 1. The number of aliphatic carboxylic acids is 1. The van der Waals surface area contributed by atoms with Crippen LogP contribution in [0, 0.1) is 6.92 Å². The lowest BCUT2D eigenvalue weighted by atomic mass is 9.98. The summed E-state index contributed by atoms with van der Waals surface area (Å²) >= 11 is 0. The van der Waals surface area contributed by atoms with Crippen LogP contribution in [-0.4, -0.2) is 34.5 Å². The molecule has 0 saturated heterocycles. The molecule has 0 atom stereocenters. The Bertz CT molecular complexity index is 1270. The van der Waals surface area contributed by atoms with Crippen LogP contribution in [0.3, 0.4) is 0 Å². The summed E-state index contributed by atoms with van der Waals surface area (Å²) < 4.78 is 5.12. The zero-order chi connectivity index (χ0) is 23.5. The van der Waals surface area contributed by atoms with Gasteiger partial charge in [0.2, 0.25) is 0 Å². The van der Waals surface area contributed by atoms with Crippen molar-refractivity contribution in [1.29, 1.82) is 0 Å². The van der Waals surface area contributed by atoms with Gasteiger partial charge in [0.15, 0.2) is 0 Å². The highest BCUT2D eigenvalue weighted by atomic mass is 16.5. The smallest absolute Gasteiger partial charge is 0.355 e. The van der Waals surface area contributed by atoms with E-state index in [-0.39, 0.29) is 31.0 Å². The first kappa shape index (κ1) is 22.1. The van der Waals surface area contributed by atoms with Crippen LogP contribution in [0.1, 0.15) is 46.2 Å². The fourth-order valence-corrected chi connectivity index (χ4v) is 4.03. The van der Waals surface area contributed by atoms with Gasteiger partial charge in [0.1, 0.15) is 5.69 Å². The fourth-order valence-electron chi connectivity index (χ4n) is 4.03. The molecule has 0 aliphatic carbocycles. The maximum absolute atomic E-state index is 12.8. The number of esters is 1. The largest absolute Gasteiger partial charge is 0.481 e. The van der Waals surface area contributed by atoms with Crippen LogP contribution >= 0.6 is 0 Å². The summed E-state index contributed by atoms with van der Waals surface area (Å²) in [6.45, 7) is 3.68. The van der Waals surface area contributed by atoms with Crippen molar-refractivity contribution in [3.63, 3.8) is 0 Å². The number of ether oxygens (including phenoxy) is 1. The Labute approximate surface area is 191 Å². The van der Waals surface area contributed by atoms with Gasteiger partial charge >= 0.3 is 11.9 Å². The van der Waals surface area contributed by atoms with E-state index in [4.69, 9.17) is 9.84 Å². The summed E-state index contributed by atoms with van der Waals surface area (Å²) in [7, 11) is 0. The minimum absolute atomic E-state index is 0.0969. The highest BCUT2D eigenvalue weighted by molar-refractivity contribution is 6.35. The average molecular weight is 444 g/mol. The number of nitrogens with one attached hydrogen (secondary N) is 2. The summed E-state index contributed by atoms with van der Waals surface area (Å²) in [5, 5.41) is 12.1. The van der Waals surface area contributed by atoms with Gasteiger partial charge in [-0.1, -0.05) is 42.5 Å². The molecule has 1 aliphatic rings. The molecule has 3 N–H and O–H groups in total. The highest BCUT2D eigenvalue weighted by Gasteiger charge is 2.26. The lowest BCUT2D eigenvalue weighted by molar-refractivity contribution is -0.137. The van der Waals surface area contributed by atoms with Gasteiger partial charge in [-0.3, -0.25) is 9.59 Å². The minimum atomic E-state index is -0.940. The summed E-state index contributed by atoms with van der Waals surface area (Å²) in [5.74, 6) is -1.71. The van der Waals surface area contributed by atoms with Crippen LogP contribution in [0.15, 0.2) is 48.5 Å². The lowest BCUT2D eigenvalue weighted by Gasteiger charge is -2.05. The van der Waals surface area contributed by atoms with Crippen molar-refractivity contribution in [2.24, 2.45) is 0 Å². The van der Waals surface area contributed by atoms with Crippen molar-refractivity contribution < 1.29 is 24.2 Å². The molecule has 1 amide bonds. The van der Waals surface area contributed by atoms with Crippen molar-refractivity contribution in [3.8, 4) is 11.1 Å². The van der Waals surface area contributed by atoms with Crippen molar-refractivity contribution in [2.75, 3.05) is 11.9 Å². The number of benzene rings is 2. The molecule has 0 saturated carbocycles. The Morgan fingerprint density at radius 1 is 1.09 bits per heavy atom. The van der Waals surface area contributed by atoms with Crippen molar-refractivity contribution in [2.45, 2.75) is 26.7 Å². The van der Waals surface area contributed by atoms with Crippen molar-refractivity contribution in [3.05, 3.63) is 76.6 Å². The minimum Gasteiger partial charge on any atom is -0.481 e. The Morgan fingerprint density at radius 2 is 1.85 bits per heavy atom. The molecule has 0 bridgehead atoms. The van der Waals surface area contributed by atoms with E-state index in [1.807, 2.05) is 48.5 Å². The molecule has 0 fully saturated rings. The number of rotatable bonds is 7. The Hall–Kier alpha value is -4.13. The predicted molar refractivity (Wildman–Crippen MR) is 126 cm³/mol. The van der Waals surface area contributed by atoms with Crippen LogP contribution in [0.25, 0.3) is 22.8 Å². The van der Waals surface area contributed by atoms with Crippen LogP contribution in [0.5, 0.6) is 0 Å². The normalized spacial score (nSPS) is 13.6. The second-order valence-electron chi connectivity index (χ2n) is 7.77.